The third kappa shape index (κ3) is 1.88. The van der Waals surface area contributed by atoms with Gasteiger partial charge in [-0.15, -0.1) is 0 Å². The molecule has 94 valence electrons. The Morgan fingerprint density at radius 3 is 2.21 bits per heavy atom. The van der Waals surface area contributed by atoms with Gasteiger partial charge in [-0.2, -0.15) is 0 Å². The predicted octanol–water partition coefficient (Wildman–Crippen LogP) is 3.99. The number of halogens is 2. The van der Waals surface area contributed by atoms with Crippen molar-refractivity contribution in [1.82, 2.24) is 0 Å². The van der Waals surface area contributed by atoms with E-state index in [4.69, 9.17) is 5.73 Å². The average molecular weight is 318 g/mol. The molecule has 0 fully saturated rings. The maximum Gasteiger partial charge on any atom is 0.249 e. The van der Waals surface area contributed by atoms with Gasteiger partial charge in [0.25, 0.3) is 0 Å². The van der Waals surface area contributed by atoms with Gasteiger partial charge in [0.1, 0.15) is 5.82 Å². The van der Waals surface area contributed by atoms with E-state index >= 15 is 0 Å². The molecule has 2 N–H and O–H groups in total. The van der Waals surface area contributed by atoms with E-state index in [0.29, 0.717) is 16.3 Å². The number of nitrogens with two attached hydrogens (primary N) is 1. The summed E-state index contributed by atoms with van der Waals surface area (Å²) in [6, 6.07) is 12.6. The summed E-state index contributed by atoms with van der Waals surface area (Å²) in [5.74, 6) is -0.952. The van der Waals surface area contributed by atoms with Crippen LogP contribution in [-0.4, -0.2) is 5.91 Å². The molecule has 3 aromatic carbocycles. The van der Waals surface area contributed by atoms with Gasteiger partial charge in [0.05, 0.1) is 4.47 Å². The molecule has 2 nitrogen and oxygen atoms in total. The van der Waals surface area contributed by atoms with E-state index in [0.717, 1.165) is 10.8 Å². The van der Waals surface area contributed by atoms with Crippen molar-refractivity contribution in [1.29, 1.82) is 0 Å². The minimum Gasteiger partial charge on any atom is -0.366 e. The van der Waals surface area contributed by atoms with Gasteiger partial charge < -0.3 is 5.73 Å². The van der Waals surface area contributed by atoms with Crippen molar-refractivity contribution in [2.75, 3.05) is 0 Å². The van der Waals surface area contributed by atoms with E-state index in [1.165, 1.54) is 6.07 Å². The van der Waals surface area contributed by atoms with Crippen LogP contribution in [0.2, 0.25) is 0 Å². The Hall–Kier alpha value is -1.94. The number of amides is 1. The standard InChI is InChI=1S/C15H9BrFNO/c16-13-7-12(15(18)19)10-5-8-3-1-2-4-9(8)6-11(10)14(13)17/h1-7H,(H2,18,19). The van der Waals surface area contributed by atoms with Crippen LogP contribution in [-0.2, 0) is 0 Å². The Bertz CT molecular complexity index is 829. The smallest absolute Gasteiger partial charge is 0.249 e. The number of primary amides is 1. The van der Waals surface area contributed by atoms with Gasteiger partial charge in [-0.1, -0.05) is 24.3 Å². The lowest BCUT2D eigenvalue weighted by Gasteiger charge is -2.08. The largest absolute Gasteiger partial charge is 0.366 e. The molecule has 3 rings (SSSR count). The zero-order chi connectivity index (χ0) is 13.6. The second kappa shape index (κ2) is 4.31. The highest BCUT2D eigenvalue weighted by molar-refractivity contribution is 9.10. The molecule has 0 atom stereocenters. The first-order valence-corrected chi connectivity index (χ1v) is 6.47. The summed E-state index contributed by atoms with van der Waals surface area (Å²) in [5.41, 5.74) is 5.67. The van der Waals surface area contributed by atoms with Crippen LogP contribution in [0.1, 0.15) is 10.4 Å². The van der Waals surface area contributed by atoms with Crippen molar-refractivity contribution >= 4 is 43.4 Å². The van der Waals surface area contributed by atoms with Crippen LogP contribution < -0.4 is 5.73 Å². The summed E-state index contributed by atoms with van der Waals surface area (Å²) in [7, 11) is 0. The minimum absolute atomic E-state index is 0.240. The first-order valence-electron chi connectivity index (χ1n) is 5.68. The molecule has 0 saturated carbocycles. The number of carbonyl (C=O) groups excluding carboxylic acids is 1. The third-order valence-electron chi connectivity index (χ3n) is 3.16. The minimum atomic E-state index is -0.569. The van der Waals surface area contributed by atoms with Gasteiger partial charge in [0.15, 0.2) is 0 Å². The Labute approximate surface area is 117 Å². The van der Waals surface area contributed by atoms with Gasteiger partial charge in [-0.25, -0.2) is 4.39 Å². The van der Waals surface area contributed by atoms with Crippen molar-refractivity contribution in [2.45, 2.75) is 0 Å². The molecule has 3 aromatic rings. The maximum absolute atomic E-state index is 14.2. The van der Waals surface area contributed by atoms with Crippen molar-refractivity contribution in [2.24, 2.45) is 5.73 Å². The Balaban J connectivity index is 2.55. The molecule has 0 aromatic heterocycles. The lowest BCUT2D eigenvalue weighted by atomic mass is 9.99. The van der Waals surface area contributed by atoms with E-state index in [9.17, 15) is 9.18 Å². The Kier molecular flexibility index (Phi) is 2.75. The Morgan fingerprint density at radius 2 is 1.63 bits per heavy atom. The van der Waals surface area contributed by atoms with E-state index in [1.807, 2.05) is 24.3 Å². The molecule has 1 amide bonds. The Morgan fingerprint density at radius 1 is 1.05 bits per heavy atom. The highest BCUT2D eigenvalue weighted by Crippen LogP contribution is 2.31. The van der Waals surface area contributed by atoms with Crippen LogP contribution in [0.5, 0.6) is 0 Å². The number of hydrogen-bond donors (Lipinski definition) is 1. The molecule has 0 aliphatic carbocycles. The van der Waals surface area contributed by atoms with Crippen molar-refractivity contribution in [3.05, 3.63) is 58.3 Å². The fraction of sp³-hybridized carbons (Fsp3) is 0. The van der Waals surface area contributed by atoms with E-state index in [2.05, 4.69) is 15.9 Å². The molecule has 0 radical (unpaired) electrons. The monoisotopic (exact) mass is 317 g/mol. The molecular weight excluding hydrogens is 309 g/mol. The van der Waals surface area contributed by atoms with Crippen LogP contribution in [0.25, 0.3) is 21.5 Å². The van der Waals surface area contributed by atoms with Gasteiger partial charge in [-0.05, 0) is 50.3 Å². The second-order valence-electron chi connectivity index (χ2n) is 4.33. The summed E-state index contributed by atoms with van der Waals surface area (Å²) in [5, 5.41) is 2.79. The fourth-order valence-electron chi connectivity index (χ4n) is 2.25. The van der Waals surface area contributed by atoms with Crippen LogP contribution in [0.3, 0.4) is 0 Å². The lowest BCUT2D eigenvalue weighted by Crippen LogP contribution is -2.12. The van der Waals surface area contributed by atoms with Crippen LogP contribution in [0.4, 0.5) is 4.39 Å². The zero-order valence-corrected chi connectivity index (χ0v) is 11.4. The van der Waals surface area contributed by atoms with Gasteiger partial charge in [0, 0.05) is 10.9 Å². The summed E-state index contributed by atoms with van der Waals surface area (Å²) in [4.78, 5) is 11.5. The quantitative estimate of drug-likeness (QED) is 0.677. The lowest BCUT2D eigenvalue weighted by molar-refractivity contribution is 0.100. The van der Waals surface area contributed by atoms with E-state index in [1.54, 1.807) is 12.1 Å². The van der Waals surface area contributed by atoms with Crippen LogP contribution in [0.15, 0.2) is 46.9 Å². The molecule has 0 aliphatic heterocycles. The van der Waals surface area contributed by atoms with Crippen LogP contribution >= 0.6 is 15.9 Å². The SMILES string of the molecule is NC(=O)c1cc(Br)c(F)c2cc3ccccc3cc12. The molecule has 0 heterocycles. The van der Waals surface area contributed by atoms with Crippen LogP contribution in [0, 0.1) is 5.82 Å². The number of hydrogen-bond acceptors (Lipinski definition) is 1. The normalized spacial score (nSPS) is 11.1. The number of benzene rings is 3. The number of carbonyl (C=O) groups is 1. The van der Waals surface area contributed by atoms with Gasteiger partial charge >= 0.3 is 0 Å². The van der Waals surface area contributed by atoms with Crippen molar-refractivity contribution < 1.29 is 9.18 Å². The molecule has 0 bridgehead atoms. The van der Waals surface area contributed by atoms with E-state index in [-0.39, 0.29) is 10.3 Å². The second-order valence-corrected chi connectivity index (χ2v) is 5.18. The molecule has 0 unspecified atom stereocenters. The number of rotatable bonds is 1. The van der Waals surface area contributed by atoms with E-state index < -0.39 is 5.91 Å². The fourth-order valence-corrected chi connectivity index (χ4v) is 2.69. The summed E-state index contributed by atoms with van der Waals surface area (Å²) < 4.78 is 14.4. The topological polar surface area (TPSA) is 43.1 Å². The average Bonchev–Trinajstić information content (AvgIpc) is 2.41. The summed E-state index contributed by atoms with van der Waals surface area (Å²) in [6.07, 6.45) is 0. The maximum atomic E-state index is 14.2. The molecule has 4 heteroatoms. The molecule has 0 aliphatic rings. The molecular formula is C15H9BrFNO. The number of fused-ring (bicyclic) bond motifs is 2. The predicted molar refractivity (Wildman–Crippen MR) is 77.6 cm³/mol. The summed E-state index contributed by atoms with van der Waals surface area (Å²) in [6.45, 7) is 0. The van der Waals surface area contributed by atoms with Crippen molar-refractivity contribution in [3.63, 3.8) is 0 Å². The molecule has 0 saturated heterocycles. The molecule has 19 heavy (non-hydrogen) atoms. The first kappa shape index (κ1) is 12.1. The highest BCUT2D eigenvalue weighted by Gasteiger charge is 2.14. The highest BCUT2D eigenvalue weighted by atomic mass is 79.9. The zero-order valence-electron chi connectivity index (χ0n) is 9.78. The molecule has 0 spiro atoms. The summed E-state index contributed by atoms with van der Waals surface area (Å²) >= 11 is 3.12. The third-order valence-corrected chi connectivity index (χ3v) is 3.74. The van der Waals surface area contributed by atoms with Gasteiger partial charge in [-0.3, -0.25) is 4.79 Å². The van der Waals surface area contributed by atoms with Gasteiger partial charge in [0.2, 0.25) is 5.91 Å². The first-order chi connectivity index (χ1) is 9.08. The van der Waals surface area contributed by atoms with Crippen molar-refractivity contribution in [3.8, 4) is 0 Å².